The van der Waals surface area contributed by atoms with Crippen molar-refractivity contribution in [1.29, 1.82) is 0 Å². The highest BCUT2D eigenvalue weighted by Crippen LogP contribution is 2.17. The lowest BCUT2D eigenvalue weighted by Crippen LogP contribution is -2.28. The Morgan fingerprint density at radius 1 is 0.800 bits per heavy atom. The fourth-order valence-corrected chi connectivity index (χ4v) is 2.50. The monoisotopic (exact) mass is 271 g/mol. The molecule has 0 saturated carbocycles. The normalized spacial score (nSPS) is 11.3. The van der Waals surface area contributed by atoms with Crippen LogP contribution in [0.3, 0.4) is 0 Å². The zero-order valence-corrected chi connectivity index (χ0v) is 12.1. The third-order valence-electron chi connectivity index (χ3n) is 3.58. The van der Waals surface area contributed by atoms with E-state index in [1.54, 1.807) is 0 Å². The van der Waals surface area contributed by atoms with Crippen LogP contribution < -0.4 is 11.5 Å². The Kier molecular flexibility index (Phi) is 5.99. The predicted molar refractivity (Wildman–Crippen MR) is 86.6 cm³/mol. The molecule has 0 unspecified atom stereocenters. The Bertz CT molecular complexity index is 516. The quantitative estimate of drug-likeness (QED) is 0.775. The molecule has 108 valence electrons. The smallest absolute Gasteiger partial charge is 0.0233 e. The maximum atomic E-state index is 5.62. The van der Waals surface area contributed by atoms with Crippen LogP contribution in [0.5, 0.6) is 0 Å². The highest BCUT2D eigenvalue weighted by atomic mass is 15.1. The number of hydrogen-bond donors (Lipinski definition) is 2. The van der Waals surface area contributed by atoms with Crippen LogP contribution in [-0.4, -0.2) is 31.1 Å². The maximum absolute atomic E-state index is 5.62. The Hall–Kier alpha value is -1.42. The minimum Gasteiger partial charge on any atom is -0.330 e. The highest BCUT2D eigenvalue weighted by molar-refractivity contribution is 5.82. The lowest BCUT2D eigenvalue weighted by Gasteiger charge is -2.22. The summed E-state index contributed by atoms with van der Waals surface area (Å²) in [6.45, 7) is 4.56. The van der Waals surface area contributed by atoms with Crippen molar-refractivity contribution in [3.05, 3.63) is 48.0 Å². The summed E-state index contributed by atoms with van der Waals surface area (Å²) in [4.78, 5) is 2.45. The molecule has 2 rings (SSSR count). The third-order valence-corrected chi connectivity index (χ3v) is 3.58. The van der Waals surface area contributed by atoms with E-state index in [4.69, 9.17) is 11.5 Å². The number of nitrogens with two attached hydrogens (primary N) is 2. The summed E-state index contributed by atoms with van der Waals surface area (Å²) in [5, 5.41) is 2.61. The molecule has 0 heterocycles. The minimum absolute atomic E-state index is 0.747. The molecule has 0 saturated heterocycles. The van der Waals surface area contributed by atoms with Crippen LogP contribution in [0.15, 0.2) is 42.5 Å². The van der Waals surface area contributed by atoms with E-state index in [1.165, 1.54) is 16.3 Å². The molecule has 20 heavy (non-hydrogen) atoms. The third kappa shape index (κ3) is 4.30. The second-order valence-electron chi connectivity index (χ2n) is 5.24. The summed E-state index contributed by atoms with van der Waals surface area (Å²) in [5.74, 6) is 0. The van der Waals surface area contributed by atoms with Gasteiger partial charge in [-0.15, -0.1) is 0 Å². The van der Waals surface area contributed by atoms with Gasteiger partial charge in [0.05, 0.1) is 0 Å². The first kappa shape index (κ1) is 15.0. The van der Waals surface area contributed by atoms with Crippen molar-refractivity contribution in [2.24, 2.45) is 11.5 Å². The summed E-state index contributed by atoms with van der Waals surface area (Å²) < 4.78 is 0. The van der Waals surface area contributed by atoms with Crippen LogP contribution in [0.2, 0.25) is 0 Å². The van der Waals surface area contributed by atoms with Gasteiger partial charge >= 0.3 is 0 Å². The number of benzene rings is 2. The van der Waals surface area contributed by atoms with Crippen molar-refractivity contribution in [3.8, 4) is 0 Å². The van der Waals surface area contributed by atoms with Gasteiger partial charge < -0.3 is 11.5 Å². The van der Waals surface area contributed by atoms with E-state index in [2.05, 4.69) is 47.4 Å². The van der Waals surface area contributed by atoms with Crippen molar-refractivity contribution >= 4 is 10.8 Å². The molecule has 0 spiro atoms. The van der Waals surface area contributed by atoms with Crippen molar-refractivity contribution < 1.29 is 0 Å². The SMILES string of the molecule is NCCCN(CCCN)Cc1ccc2ccccc2c1. The van der Waals surface area contributed by atoms with E-state index >= 15 is 0 Å². The van der Waals surface area contributed by atoms with Crippen LogP contribution in [0.1, 0.15) is 18.4 Å². The van der Waals surface area contributed by atoms with Crippen molar-refractivity contribution in [3.63, 3.8) is 0 Å². The van der Waals surface area contributed by atoms with Gasteiger partial charge in [-0.25, -0.2) is 0 Å². The zero-order chi connectivity index (χ0) is 14.2. The standard InChI is InChI=1S/C17H25N3/c18-9-3-11-20(12-4-10-19)14-15-7-8-16-5-1-2-6-17(16)13-15/h1-2,5-8,13H,3-4,9-12,14,18-19H2. The molecule has 0 atom stereocenters. The zero-order valence-electron chi connectivity index (χ0n) is 12.1. The molecule has 0 aromatic heterocycles. The molecule has 0 aliphatic carbocycles. The molecule has 0 radical (unpaired) electrons. The summed E-state index contributed by atoms with van der Waals surface area (Å²) >= 11 is 0. The van der Waals surface area contributed by atoms with E-state index in [1.807, 2.05) is 0 Å². The van der Waals surface area contributed by atoms with Crippen molar-refractivity contribution in [2.75, 3.05) is 26.2 Å². The lowest BCUT2D eigenvalue weighted by molar-refractivity contribution is 0.262. The molecular formula is C17H25N3. The highest BCUT2D eigenvalue weighted by Gasteiger charge is 2.05. The van der Waals surface area contributed by atoms with Crippen LogP contribution in [-0.2, 0) is 6.54 Å². The van der Waals surface area contributed by atoms with E-state index in [0.717, 1.165) is 45.6 Å². The van der Waals surface area contributed by atoms with Crippen LogP contribution in [0.4, 0.5) is 0 Å². The van der Waals surface area contributed by atoms with Crippen LogP contribution in [0, 0.1) is 0 Å². The van der Waals surface area contributed by atoms with Crippen LogP contribution >= 0.6 is 0 Å². The molecule has 4 N–H and O–H groups in total. The molecule has 2 aromatic carbocycles. The topological polar surface area (TPSA) is 55.3 Å². The van der Waals surface area contributed by atoms with Gasteiger partial charge in [-0.1, -0.05) is 36.4 Å². The van der Waals surface area contributed by atoms with Gasteiger partial charge in [-0.2, -0.15) is 0 Å². The molecule has 3 heteroatoms. The van der Waals surface area contributed by atoms with Gasteiger partial charge in [0.15, 0.2) is 0 Å². The first-order chi connectivity index (χ1) is 9.83. The Balaban J connectivity index is 2.06. The summed E-state index contributed by atoms with van der Waals surface area (Å²) in [6, 6.07) is 15.2. The second kappa shape index (κ2) is 8.00. The summed E-state index contributed by atoms with van der Waals surface area (Å²) in [5.41, 5.74) is 12.6. The molecular weight excluding hydrogens is 246 g/mol. The van der Waals surface area contributed by atoms with Gasteiger partial charge in [-0.05, 0) is 61.4 Å². The second-order valence-corrected chi connectivity index (χ2v) is 5.24. The molecule has 0 fully saturated rings. The van der Waals surface area contributed by atoms with E-state index in [9.17, 15) is 0 Å². The number of fused-ring (bicyclic) bond motifs is 1. The Morgan fingerprint density at radius 2 is 1.45 bits per heavy atom. The van der Waals surface area contributed by atoms with Crippen LogP contribution in [0.25, 0.3) is 10.8 Å². The number of nitrogens with zero attached hydrogens (tertiary/aromatic N) is 1. The Morgan fingerprint density at radius 3 is 2.10 bits per heavy atom. The number of rotatable bonds is 8. The molecule has 0 aliphatic rings. The minimum atomic E-state index is 0.747. The summed E-state index contributed by atoms with van der Waals surface area (Å²) in [6.07, 6.45) is 2.08. The van der Waals surface area contributed by atoms with Gasteiger partial charge in [0.1, 0.15) is 0 Å². The fraction of sp³-hybridized carbons (Fsp3) is 0.412. The molecule has 3 nitrogen and oxygen atoms in total. The first-order valence-corrected chi connectivity index (χ1v) is 7.43. The summed E-state index contributed by atoms with van der Waals surface area (Å²) in [7, 11) is 0. The average molecular weight is 271 g/mol. The molecule has 0 aliphatic heterocycles. The van der Waals surface area contributed by atoms with Gasteiger partial charge in [0.2, 0.25) is 0 Å². The predicted octanol–water partition coefficient (Wildman–Crippen LogP) is 2.34. The lowest BCUT2D eigenvalue weighted by atomic mass is 10.1. The van der Waals surface area contributed by atoms with Gasteiger partial charge in [0, 0.05) is 6.54 Å². The molecule has 0 bridgehead atoms. The average Bonchev–Trinajstić information content (AvgIpc) is 2.50. The van der Waals surface area contributed by atoms with E-state index < -0.39 is 0 Å². The van der Waals surface area contributed by atoms with Crippen molar-refractivity contribution in [2.45, 2.75) is 19.4 Å². The largest absolute Gasteiger partial charge is 0.330 e. The van der Waals surface area contributed by atoms with E-state index in [-0.39, 0.29) is 0 Å². The fourth-order valence-electron chi connectivity index (χ4n) is 2.50. The molecule has 2 aromatic rings. The first-order valence-electron chi connectivity index (χ1n) is 7.43. The maximum Gasteiger partial charge on any atom is 0.0233 e. The van der Waals surface area contributed by atoms with Gasteiger partial charge in [0.25, 0.3) is 0 Å². The van der Waals surface area contributed by atoms with E-state index in [0.29, 0.717) is 0 Å². The Labute approximate surface area is 121 Å². The van der Waals surface area contributed by atoms with Gasteiger partial charge in [-0.3, -0.25) is 4.90 Å². The number of hydrogen-bond acceptors (Lipinski definition) is 3. The van der Waals surface area contributed by atoms with Crippen molar-refractivity contribution in [1.82, 2.24) is 4.90 Å². The molecule has 0 amide bonds.